The zero-order chi connectivity index (χ0) is 14.2. The van der Waals surface area contributed by atoms with Gasteiger partial charge in [-0.25, -0.2) is 4.98 Å². The third-order valence-electron chi connectivity index (χ3n) is 3.09. The lowest BCUT2D eigenvalue weighted by Crippen LogP contribution is -2.44. The van der Waals surface area contributed by atoms with Crippen LogP contribution in [-0.2, 0) is 13.1 Å². The minimum atomic E-state index is -4.46. The van der Waals surface area contributed by atoms with Gasteiger partial charge in [0.05, 0.1) is 12.0 Å². The van der Waals surface area contributed by atoms with Crippen molar-refractivity contribution < 1.29 is 18.0 Å². The molecule has 106 valence electrons. The number of carbonyl (C=O) groups excluding carboxylic acids is 1. The summed E-state index contributed by atoms with van der Waals surface area (Å²) in [4.78, 5) is 15.7. The summed E-state index contributed by atoms with van der Waals surface area (Å²) < 4.78 is 39.0. The van der Waals surface area contributed by atoms with Gasteiger partial charge in [0.15, 0.2) is 5.69 Å². The fourth-order valence-corrected chi connectivity index (χ4v) is 1.92. The van der Waals surface area contributed by atoms with Crippen LogP contribution in [0.2, 0.25) is 0 Å². The Bertz CT molecular complexity index is 483. The van der Waals surface area contributed by atoms with E-state index in [1.165, 1.54) is 6.33 Å². The molecule has 2 heterocycles. The Morgan fingerprint density at radius 2 is 2.32 bits per heavy atom. The molecular formula is C11H15F3N4O. The quantitative estimate of drug-likeness (QED) is 0.849. The molecule has 1 aromatic rings. The molecule has 0 saturated carbocycles. The summed E-state index contributed by atoms with van der Waals surface area (Å²) >= 11 is 0. The molecule has 0 spiro atoms. The zero-order valence-electron chi connectivity index (χ0n) is 10.6. The van der Waals surface area contributed by atoms with E-state index in [0.29, 0.717) is 18.8 Å². The maximum atomic E-state index is 12.4. The smallest absolute Gasteiger partial charge is 0.339 e. The number of amides is 1. The van der Waals surface area contributed by atoms with E-state index >= 15 is 0 Å². The van der Waals surface area contributed by atoms with Gasteiger partial charge >= 0.3 is 6.18 Å². The first-order chi connectivity index (χ1) is 8.79. The average Bonchev–Trinajstić information content (AvgIpc) is 2.70. The normalized spacial score (nSPS) is 20.8. The fraction of sp³-hybridized carbons (Fsp3) is 0.636. The van der Waals surface area contributed by atoms with Crippen LogP contribution in [0.3, 0.4) is 0 Å². The zero-order valence-corrected chi connectivity index (χ0v) is 10.6. The molecule has 8 heteroatoms. The van der Waals surface area contributed by atoms with Crippen molar-refractivity contribution in [2.24, 2.45) is 0 Å². The third kappa shape index (κ3) is 2.89. The second-order valence-electron chi connectivity index (χ2n) is 4.71. The van der Waals surface area contributed by atoms with E-state index < -0.39 is 18.1 Å². The van der Waals surface area contributed by atoms with Crippen molar-refractivity contribution in [1.82, 2.24) is 20.2 Å². The van der Waals surface area contributed by atoms with Crippen molar-refractivity contribution in [1.29, 1.82) is 0 Å². The number of carbonyl (C=O) groups is 1. The van der Waals surface area contributed by atoms with Crippen molar-refractivity contribution >= 4 is 5.91 Å². The monoisotopic (exact) mass is 276 g/mol. The first-order valence-corrected chi connectivity index (χ1v) is 5.94. The molecule has 0 fully saturated rings. The molecule has 2 N–H and O–H groups in total. The van der Waals surface area contributed by atoms with Gasteiger partial charge in [0, 0.05) is 19.1 Å². The number of alkyl halides is 3. The van der Waals surface area contributed by atoms with Crippen LogP contribution >= 0.6 is 0 Å². The number of aromatic nitrogens is 2. The summed E-state index contributed by atoms with van der Waals surface area (Å²) in [5, 5.41) is 5.06. The molecule has 1 aliphatic rings. The van der Waals surface area contributed by atoms with Crippen LogP contribution in [0.25, 0.3) is 0 Å². The van der Waals surface area contributed by atoms with Gasteiger partial charge in [0.25, 0.3) is 5.91 Å². The van der Waals surface area contributed by atoms with E-state index in [0.717, 1.165) is 6.92 Å². The second-order valence-corrected chi connectivity index (χ2v) is 4.71. The largest absolute Gasteiger partial charge is 0.408 e. The molecule has 0 radical (unpaired) electrons. The van der Waals surface area contributed by atoms with Crippen molar-refractivity contribution in [3.63, 3.8) is 0 Å². The highest BCUT2D eigenvalue weighted by atomic mass is 19.4. The first-order valence-electron chi connectivity index (χ1n) is 5.94. The molecular weight excluding hydrogens is 261 g/mol. The van der Waals surface area contributed by atoms with Crippen LogP contribution in [0.15, 0.2) is 6.33 Å². The lowest BCUT2D eigenvalue weighted by atomic mass is 10.2. The molecule has 1 aliphatic heterocycles. The minimum absolute atomic E-state index is 0.0514. The van der Waals surface area contributed by atoms with Gasteiger partial charge in [-0.2, -0.15) is 13.2 Å². The van der Waals surface area contributed by atoms with E-state index in [9.17, 15) is 18.0 Å². The summed E-state index contributed by atoms with van der Waals surface area (Å²) in [6, 6.07) is -1.65. The number of hydrogen-bond donors (Lipinski definition) is 2. The molecule has 1 amide bonds. The van der Waals surface area contributed by atoms with E-state index in [-0.39, 0.29) is 11.7 Å². The Balaban J connectivity index is 2.13. The molecule has 0 unspecified atom stereocenters. The van der Waals surface area contributed by atoms with E-state index in [2.05, 4.69) is 10.3 Å². The Morgan fingerprint density at radius 3 is 2.95 bits per heavy atom. The van der Waals surface area contributed by atoms with Crippen molar-refractivity contribution in [2.45, 2.75) is 45.2 Å². The summed E-state index contributed by atoms with van der Waals surface area (Å²) in [5.41, 5.74) is 0.667. The van der Waals surface area contributed by atoms with E-state index in [4.69, 9.17) is 0 Å². The van der Waals surface area contributed by atoms with Crippen LogP contribution in [0.5, 0.6) is 0 Å². The van der Waals surface area contributed by atoms with Crippen LogP contribution < -0.4 is 10.6 Å². The highest BCUT2D eigenvalue weighted by Gasteiger charge is 2.38. The van der Waals surface area contributed by atoms with Gasteiger partial charge < -0.3 is 15.2 Å². The number of hydrogen-bond acceptors (Lipinski definition) is 3. The number of imidazole rings is 1. The van der Waals surface area contributed by atoms with Gasteiger partial charge in [0.2, 0.25) is 0 Å². The molecule has 2 atom stereocenters. The summed E-state index contributed by atoms with van der Waals surface area (Å²) in [6.07, 6.45) is -2.97. The summed E-state index contributed by atoms with van der Waals surface area (Å²) in [7, 11) is 0. The van der Waals surface area contributed by atoms with E-state index in [1.54, 1.807) is 4.57 Å². The predicted molar refractivity (Wildman–Crippen MR) is 61.5 cm³/mol. The molecule has 19 heavy (non-hydrogen) atoms. The third-order valence-corrected chi connectivity index (χ3v) is 3.09. The summed E-state index contributed by atoms with van der Waals surface area (Å²) in [6.45, 7) is 3.95. The maximum absolute atomic E-state index is 12.4. The molecule has 0 bridgehead atoms. The Morgan fingerprint density at radius 1 is 1.63 bits per heavy atom. The summed E-state index contributed by atoms with van der Waals surface area (Å²) in [5.74, 6) is -0.796. The van der Waals surface area contributed by atoms with Gasteiger partial charge in [-0.1, -0.05) is 0 Å². The highest BCUT2D eigenvalue weighted by molar-refractivity contribution is 5.93. The average molecular weight is 276 g/mol. The SMILES string of the molecule is C[C@H]1Cn2cnc(C(=O)N[C@H](C)C(F)(F)F)c2CN1. The molecule has 0 aliphatic carbocycles. The maximum Gasteiger partial charge on any atom is 0.408 e. The van der Waals surface area contributed by atoms with Crippen LogP contribution in [0, 0.1) is 0 Å². The number of nitrogens with one attached hydrogen (secondary N) is 2. The van der Waals surface area contributed by atoms with Gasteiger partial charge in [0.1, 0.15) is 6.04 Å². The van der Waals surface area contributed by atoms with Crippen LogP contribution in [-0.4, -0.2) is 33.7 Å². The molecule has 1 aromatic heterocycles. The topological polar surface area (TPSA) is 59.0 Å². The van der Waals surface area contributed by atoms with Gasteiger partial charge in [-0.15, -0.1) is 0 Å². The standard InChI is InChI=1S/C11H15F3N4O/c1-6-4-18-5-16-9(8(18)3-15-6)10(19)17-7(2)11(12,13)14/h5-7,15H,3-4H2,1-2H3,(H,17,19)/t6-,7+/m0/s1. The van der Waals surface area contributed by atoms with Crippen molar-refractivity contribution in [3.05, 3.63) is 17.7 Å². The molecule has 2 rings (SSSR count). The van der Waals surface area contributed by atoms with Crippen molar-refractivity contribution in [2.75, 3.05) is 0 Å². The van der Waals surface area contributed by atoms with Gasteiger partial charge in [-0.3, -0.25) is 4.79 Å². The van der Waals surface area contributed by atoms with Gasteiger partial charge in [-0.05, 0) is 13.8 Å². The van der Waals surface area contributed by atoms with Crippen molar-refractivity contribution in [3.8, 4) is 0 Å². The Labute approximate surface area is 108 Å². The predicted octanol–water partition coefficient (Wildman–Crippen LogP) is 1.06. The first kappa shape index (κ1) is 13.9. The lowest BCUT2D eigenvalue weighted by Gasteiger charge is -2.23. The van der Waals surface area contributed by atoms with Crippen LogP contribution in [0.1, 0.15) is 30.0 Å². The molecule has 0 aromatic carbocycles. The molecule has 0 saturated heterocycles. The number of nitrogens with zero attached hydrogens (tertiary/aromatic N) is 2. The van der Waals surface area contributed by atoms with E-state index in [1.807, 2.05) is 12.2 Å². The highest BCUT2D eigenvalue weighted by Crippen LogP contribution is 2.20. The Hall–Kier alpha value is -1.57. The molecule has 5 nitrogen and oxygen atoms in total. The Kier molecular flexibility index (Phi) is 3.53. The minimum Gasteiger partial charge on any atom is -0.339 e. The number of rotatable bonds is 2. The number of fused-ring (bicyclic) bond motifs is 1. The number of halogens is 3. The second kappa shape index (κ2) is 4.84. The van der Waals surface area contributed by atoms with Crippen LogP contribution in [0.4, 0.5) is 13.2 Å². The lowest BCUT2D eigenvalue weighted by molar-refractivity contribution is -0.149. The fourth-order valence-electron chi connectivity index (χ4n) is 1.92.